The zero-order chi connectivity index (χ0) is 16.0. The Bertz CT molecular complexity index is 919. The van der Waals surface area contributed by atoms with E-state index in [-0.39, 0.29) is 11.1 Å². The number of fused-ring (bicyclic) bond motifs is 2. The van der Waals surface area contributed by atoms with Gasteiger partial charge < -0.3 is 10.2 Å². The van der Waals surface area contributed by atoms with Gasteiger partial charge in [0, 0.05) is 11.1 Å². The van der Waals surface area contributed by atoms with Gasteiger partial charge in [-0.25, -0.2) is 9.59 Å². The van der Waals surface area contributed by atoms with Crippen LogP contribution in [0.1, 0.15) is 15.9 Å². The van der Waals surface area contributed by atoms with Crippen LogP contribution in [0.4, 0.5) is 0 Å². The predicted molar refractivity (Wildman–Crippen MR) is 75.5 cm³/mol. The standard InChI is InChI=1S/C16H8O6/c17-13-10-6-8-4-2-1-3-7(8)5-9(10)11(15(19)20)12(14(13)18)16(21)22/h1-6H,(H,19,20)(H,21,22). The SMILES string of the molecule is O=C(O)C1=C(C(=O)O)c2cc3ccccc3cc2C(=O)C1=O. The second kappa shape index (κ2) is 4.63. The molecule has 108 valence electrons. The van der Waals surface area contributed by atoms with Crippen LogP contribution in [0, 0.1) is 0 Å². The van der Waals surface area contributed by atoms with Crippen LogP contribution in [0.5, 0.6) is 0 Å². The Labute approximate surface area is 123 Å². The van der Waals surface area contributed by atoms with Crippen LogP contribution in [-0.2, 0) is 14.4 Å². The highest BCUT2D eigenvalue weighted by atomic mass is 16.4. The highest BCUT2D eigenvalue weighted by Crippen LogP contribution is 2.33. The Kier molecular flexibility index (Phi) is 2.88. The molecule has 2 aromatic rings. The number of ketones is 2. The Morgan fingerprint density at radius 2 is 1.23 bits per heavy atom. The lowest BCUT2D eigenvalue weighted by atomic mass is 9.82. The molecule has 1 aliphatic rings. The van der Waals surface area contributed by atoms with Crippen LogP contribution in [0.25, 0.3) is 16.3 Å². The summed E-state index contributed by atoms with van der Waals surface area (Å²) in [5, 5.41) is 19.7. The fraction of sp³-hybridized carbons (Fsp3) is 0. The largest absolute Gasteiger partial charge is 0.478 e. The third-order valence-electron chi connectivity index (χ3n) is 3.51. The van der Waals surface area contributed by atoms with Crippen LogP contribution >= 0.6 is 0 Å². The van der Waals surface area contributed by atoms with Gasteiger partial charge in [-0.3, -0.25) is 9.59 Å². The normalized spacial score (nSPS) is 14.2. The number of Topliss-reactive ketones (excluding diaryl/α,β-unsaturated/α-hetero) is 2. The van der Waals surface area contributed by atoms with E-state index in [9.17, 15) is 24.3 Å². The second-order valence-corrected chi connectivity index (χ2v) is 4.76. The van der Waals surface area contributed by atoms with E-state index >= 15 is 0 Å². The lowest BCUT2D eigenvalue weighted by molar-refractivity contribution is -0.135. The quantitative estimate of drug-likeness (QED) is 0.642. The number of rotatable bonds is 2. The minimum atomic E-state index is -1.73. The monoisotopic (exact) mass is 296 g/mol. The number of benzene rings is 2. The van der Waals surface area contributed by atoms with Gasteiger partial charge in [0.2, 0.25) is 11.6 Å². The minimum Gasteiger partial charge on any atom is -0.478 e. The van der Waals surface area contributed by atoms with E-state index in [1.54, 1.807) is 24.3 Å². The number of carboxylic acids is 2. The molecule has 0 fully saturated rings. The van der Waals surface area contributed by atoms with E-state index in [1.165, 1.54) is 12.1 Å². The van der Waals surface area contributed by atoms with E-state index < -0.39 is 34.7 Å². The van der Waals surface area contributed by atoms with E-state index in [0.29, 0.717) is 10.8 Å². The molecule has 0 bridgehead atoms. The van der Waals surface area contributed by atoms with Gasteiger partial charge in [0.15, 0.2) is 0 Å². The van der Waals surface area contributed by atoms with Crippen molar-refractivity contribution in [3.05, 3.63) is 53.1 Å². The Balaban J connectivity index is 2.47. The molecular formula is C16H8O6. The fourth-order valence-corrected chi connectivity index (χ4v) is 2.55. The number of aliphatic carboxylic acids is 2. The van der Waals surface area contributed by atoms with Gasteiger partial charge in [-0.1, -0.05) is 24.3 Å². The summed E-state index contributed by atoms with van der Waals surface area (Å²) in [6.45, 7) is 0. The van der Waals surface area contributed by atoms with Crippen molar-refractivity contribution in [1.82, 2.24) is 0 Å². The van der Waals surface area contributed by atoms with Gasteiger partial charge in [-0.2, -0.15) is 0 Å². The molecule has 0 saturated heterocycles. The van der Waals surface area contributed by atoms with Gasteiger partial charge in [0.05, 0.1) is 5.57 Å². The van der Waals surface area contributed by atoms with Crippen molar-refractivity contribution in [3.8, 4) is 0 Å². The summed E-state index contributed by atoms with van der Waals surface area (Å²) in [7, 11) is 0. The molecule has 0 aliphatic heterocycles. The maximum Gasteiger partial charge on any atom is 0.340 e. The molecule has 0 atom stereocenters. The molecule has 0 unspecified atom stereocenters. The van der Waals surface area contributed by atoms with Crippen molar-refractivity contribution in [1.29, 1.82) is 0 Å². The Morgan fingerprint density at radius 3 is 1.73 bits per heavy atom. The molecule has 0 radical (unpaired) electrons. The van der Waals surface area contributed by atoms with E-state index in [2.05, 4.69) is 0 Å². The van der Waals surface area contributed by atoms with Crippen LogP contribution in [0.15, 0.2) is 42.0 Å². The lowest BCUT2D eigenvalue weighted by Gasteiger charge is -2.17. The summed E-state index contributed by atoms with van der Waals surface area (Å²) >= 11 is 0. The number of hydrogen-bond acceptors (Lipinski definition) is 4. The molecule has 2 N–H and O–H groups in total. The first-order valence-electron chi connectivity index (χ1n) is 6.25. The van der Waals surface area contributed by atoms with E-state index in [4.69, 9.17) is 5.11 Å². The molecule has 6 heteroatoms. The zero-order valence-corrected chi connectivity index (χ0v) is 11.0. The number of carboxylic acid groups (broad SMARTS) is 2. The molecule has 0 spiro atoms. The summed E-state index contributed by atoms with van der Waals surface area (Å²) in [6.07, 6.45) is 0. The van der Waals surface area contributed by atoms with Crippen molar-refractivity contribution in [2.45, 2.75) is 0 Å². The molecule has 0 amide bonds. The number of hydrogen-bond donors (Lipinski definition) is 2. The van der Waals surface area contributed by atoms with Crippen molar-refractivity contribution < 1.29 is 29.4 Å². The van der Waals surface area contributed by atoms with E-state index in [0.717, 1.165) is 0 Å². The zero-order valence-electron chi connectivity index (χ0n) is 11.0. The molecule has 0 aromatic heterocycles. The van der Waals surface area contributed by atoms with Crippen LogP contribution in [-0.4, -0.2) is 33.7 Å². The third-order valence-corrected chi connectivity index (χ3v) is 3.51. The van der Waals surface area contributed by atoms with Crippen molar-refractivity contribution >= 4 is 39.9 Å². The summed E-state index contributed by atoms with van der Waals surface area (Å²) in [4.78, 5) is 46.7. The molecule has 2 aromatic carbocycles. The smallest absolute Gasteiger partial charge is 0.340 e. The third kappa shape index (κ3) is 1.81. The molecular weight excluding hydrogens is 288 g/mol. The maximum atomic E-state index is 12.1. The highest BCUT2D eigenvalue weighted by Gasteiger charge is 2.39. The summed E-state index contributed by atoms with van der Waals surface area (Å²) < 4.78 is 0. The highest BCUT2D eigenvalue weighted by molar-refractivity contribution is 6.59. The summed E-state index contributed by atoms with van der Waals surface area (Å²) in [5.41, 5.74) is -1.79. The average Bonchev–Trinajstić information content (AvgIpc) is 2.48. The van der Waals surface area contributed by atoms with Crippen LogP contribution in [0.2, 0.25) is 0 Å². The van der Waals surface area contributed by atoms with Crippen molar-refractivity contribution in [2.75, 3.05) is 0 Å². The van der Waals surface area contributed by atoms with Gasteiger partial charge in [-0.15, -0.1) is 0 Å². The molecule has 0 heterocycles. The van der Waals surface area contributed by atoms with Crippen LogP contribution < -0.4 is 0 Å². The van der Waals surface area contributed by atoms with Gasteiger partial charge in [0.1, 0.15) is 5.57 Å². The molecule has 1 aliphatic carbocycles. The Morgan fingerprint density at radius 1 is 0.727 bits per heavy atom. The number of carbonyl (C=O) groups excluding carboxylic acids is 2. The summed E-state index contributed by atoms with van der Waals surface area (Å²) in [5.74, 6) is -5.61. The molecule has 0 saturated carbocycles. The topological polar surface area (TPSA) is 109 Å². The number of carbonyl (C=O) groups is 4. The predicted octanol–water partition coefficient (Wildman–Crippen LogP) is 1.53. The van der Waals surface area contributed by atoms with Gasteiger partial charge in [0.25, 0.3) is 0 Å². The fourth-order valence-electron chi connectivity index (χ4n) is 2.55. The van der Waals surface area contributed by atoms with Gasteiger partial charge >= 0.3 is 11.9 Å². The van der Waals surface area contributed by atoms with E-state index in [1.807, 2.05) is 0 Å². The van der Waals surface area contributed by atoms with Crippen LogP contribution in [0.3, 0.4) is 0 Å². The summed E-state index contributed by atoms with van der Waals surface area (Å²) in [6, 6.07) is 9.71. The van der Waals surface area contributed by atoms with Crippen molar-refractivity contribution in [3.63, 3.8) is 0 Å². The van der Waals surface area contributed by atoms with Gasteiger partial charge in [-0.05, 0) is 22.9 Å². The van der Waals surface area contributed by atoms with Crippen molar-refractivity contribution in [2.24, 2.45) is 0 Å². The average molecular weight is 296 g/mol. The second-order valence-electron chi connectivity index (χ2n) is 4.76. The maximum absolute atomic E-state index is 12.1. The first-order valence-corrected chi connectivity index (χ1v) is 6.25. The molecule has 3 rings (SSSR count). The first-order chi connectivity index (χ1) is 10.4. The minimum absolute atomic E-state index is 0.0480. The Hall–Kier alpha value is -3.28. The lowest BCUT2D eigenvalue weighted by Crippen LogP contribution is -2.30. The molecule has 22 heavy (non-hydrogen) atoms. The first kappa shape index (κ1) is 13.7. The molecule has 6 nitrogen and oxygen atoms in total.